The summed E-state index contributed by atoms with van der Waals surface area (Å²) in [6, 6.07) is 9.43. The Balaban J connectivity index is 1.38. The van der Waals surface area contributed by atoms with Gasteiger partial charge in [-0.25, -0.2) is 0 Å². The van der Waals surface area contributed by atoms with Crippen LogP contribution in [0, 0.1) is 5.41 Å². The molecule has 0 bridgehead atoms. The molecule has 1 aliphatic rings. The second-order valence-electron chi connectivity index (χ2n) is 8.92. The van der Waals surface area contributed by atoms with Crippen molar-refractivity contribution in [3.05, 3.63) is 59.5 Å². The minimum atomic E-state index is -0.897. The topological polar surface area (TPSA) is 95.8 Å². The number of aliphatic carboxylic acids is 1. The molecule has 0 saturated carbocycles. The Morgan fingerprint density at radius 2 is 2.00 bits per heavy atom. The first-order chi connectivity index (χ1) is 16.9. The van der Waals surface area contributed by atoms with Crippen molar-refractivity contribution in [1.82, 2.24) is 14.9 Å². The molecule has 4 rings (SSSR count). The third kappa shape index (κ3) is 6.06. The van der Waals surface area contributed by atoms with Gasteiger partial charge in [-0.1, -0.05) is 11.6 Å². The van der Waals surface area contributed by atoms with E-state index in [2.05, 4.69) is 14.9 Å². The highest BCUT2D eigenvalue weighted by molar-refractivity contribution is 7.99. The Morgan fingerprint density at radius 1 is 1.26 bits per heavy atom. The summed E-state index contributed by atoms with van der Waals surface area (Å²) in [5.74, 6) is 0.800. The van der Waals surface area contributed by atoms with Crippen molar-refractivity contribution in [2.24, 2.45) is 5.41 Å². The zero-order valence-electron chi connectivity index (χ0n) is 19.7. The molecule has 0 radical (unpaired) electrons. The molecule has 9 heteroatoms. The highest BCUT2D eigenvalue weighted by Gasteiger charge is 2.41. The monoisotopic (exact) mass is 515 g/mol. The summed E-state index contributed by atoms with van der Waals surface area (Å²) in [4.78, 5) is 24.2. The lowest BCUT2D eigenvalue weighted by atomic mass is 9.74. The predicted octanol–water partition coefficient (Wildman–Crippen LogP) is 5.06. The predicted molar refractivity (Wildman–Crippen MR) is 138 cm³/mol. The third-order valence-corrected chi connectivity index (χ3v) is 8.18. The summed E-state index contributed by atoms with van der Waals surface area (Å²) in [7, 11) is 1.58. The van der Waals surface area contributed by atoms with Crippen molar-refractivity contribution in [1.29, 1.82) is 0 Å². The number of benzene rings is 1. The molecule has 0 unspecified atom stereocenters. The molecule has 2 N–H and O–H groups in total. The lowest BCUT2D eigenvalue weighted by Gasteiger charge is -2.39. The second-order valence-corrected chi connectivity index (χ2v) is 10.5. The maximum Gasteiger partial charge on any atom is 0.309 e. The Labute approximate surface area is 214 Å². The Hall–Kier alpha value is -2.39. The van der Waals surface area contributed by atoms with Crippen molar-refractivity contribution < 1.29 is 19.7 Å². The van der Waals surface area contributed by atoms with Gasteiger partial charge >= 0.3 is 5.97 Å². The number of ether oxygens (including phenoxy) is 1. The van der Waals surface area contributed by atoms with Crippen LogP contribution < -0.4 is 4.74 Å². The molecule has 1 saturated heterocycles. The number of piperidine rings is 1. The largest absolute Gasteiger partial charge is 0.497 e. The number of likely N-dealkylation sites (tertiary alicyclic amines) is 1. The number of halogens is 1. The molecule has 3 heterocycles. The highest BCUT2D eigenvalue weighted by atomic mass is 35.5. The molecule has 1 fully saturated rings. The van der Waals surface area contributed by atoms with E-state index in [0.29, 0.717) is 47.5 Å². The SMILES string of the molecule is COc1ccc2ncc(Cl)c([C@H](O)CCC3(C(=O)O)CCN(CCSc4ccncc4)CC3)c2c1. The molecule has 1 aromatic carbocycles. The molecule has 35 heavy (non-hydrogen) atoms. The van der Waals surface area contributed by atoms with E-state index < -0.39 is 17.5 Å². The standard InChI is InChI=1S/C26H30ClN3O4S/c1-34-18-2-3-22-20(16-18)24(21(27)17-29-22)23(31)4-7-26(25(32)33)8-12-30(13-9-26)14-15-35-19-5-10-28-11-6-19/h2-3,5-6,10-11,16-17,23,31H,4,7-9,12-15H2,1H3,(H,32,33)/t23-/m1/s1. The number of carboxylic acid groups (broad SMARTS) is 1. The van der Waals surface area contributed by atoms with Crippen molar-refractivity contribution in [2.75, 3.05) is 32.5 Å². The molecular formula is C26H30ClN3O4S. The summed E-state index contributed by atoms with van der Waals surface area (Å²) in [6.45, 7) is 2.37. The Bertz CT molecular complexity index is 1160. The van der Waals surface area contributed by atoms with Crippen molar-refractivity contribution >= 4 is 40.2 Å². The molecule has 0 spiro atoms. The van der Waals surface area contributed by atoms with Gasteiger partial charge in [0.15, 0.2) is 0 Å². The fourth-order valence-electron chi connectivity index (χ4n) is 4.69. The van der Waals surface area contributed by atoms with Crippen LogP contribution in [0.1, 0.15) is 37.4 Å². The van der Waals surface area contributed by atoms with Crippen molar-refractivity contribution in [2.45, 2.75) is 36.7 Å². The van der Waals surface area contributed by atoms with Crippen LogP contribution in [0.4, 0.5) is 0 Å². The van der Waals surface area contributed by atoms with Crippen LogP contribution in [-0.2, 0) is 4.79 Å². The normalized spacial score (nSPS) is 16.8. The van der Waals surface area contributed by atoms with Crippen LogP contribution in [0.2, 0.25) is 5.02 Å². The molecule has 0 amide bonds. The fourth-order valence-corrected chi connectivity index (χ4v) is 5.87. The van der Waals surface area contributed by atoms with Crippen LogP contribution in [-0.4, -0.2) is 63.5 Å². The number of rotatable bonds is 10. The number of thioether (sulfide) groups is 1. The lowest BCUT2D eigenvalue weighted by molar-refractivity contribution is -0.153. The maximum absolute atomic E-state index is 12.3. The molecule has 3 aromatic rings. The number of fused-ring (bicyclic) bond motifs is 1. The molecular weight excluding hydrogens is 486 g/mol. The van der Waals surface area contributed by atoms with Gasteiger partial charge in [-0.2, -0.15) is 0 Å². The van der Waals surface area contributed by atoms with Gasteiger partial charge in [0.05, 0.1) is 29.2 Å². The van der Waals surface area contributed by atoms with E-state index in [4.69, 9.17) is 16.3 Å². The Kier molecular flexibility index (Phi) is 8.49. The quantitative estimate of drug-likeness (QED) is 0.361. The van der Waals surface area contributed by atoms with Crippen LogP contribution in [0.15, 0.2) is 53.8 Å². The number of aliphatic hydroxyl groups is 1. The zero-order valence-corrected chi connectivity index (χ0v) is 21.3. The van der Waals surface area contributed by atoms with Gasteiger partial charge in [0.25, 0.3) is 0 Å². The van der Waals surface area contributed by atoms with Crippen LogP contribution in [0.5, 0.6) is 5.75 Å². The number of carboxylic acids is 1. The summed E-state index contributed by atoms with van der Waals surface area (Å²) in [6.07, 6.45) is 6.03. The average molecular weight is 516 g/mol. The maximum atomic E-state index is 12.3. The molecule has 7 nitrogen and oxygen atoms in total. The molecule has 186 valence electrons. The van der Waals surface area contributed by atoms with Crippen LogP contribution >= 0.6 is 23.4 Å². The minimum Gasteiger partial charge on any atom is -0.497 e. The minimum absolute atomic E-state index is 0.306. The number of aliphatic hydroxyl groups excluding tert-OH is 1. The van der Waals surface area contributed by atoms with Crippen LogP contribution in [0.3, 0.4) is 0 Å². The van der Waals surface area contributed by atoms with Gasteiger partial charge in [-0.15, -0.1) is 11.8 Å². The Morgan fingerprint density at radius 3 is 2.69 bits per heavy atom. The first-order valence-electron chi connectivity index (χ1n) is 11.7. The number of pyridine rings is 2. The third-order valence-electron chi connectivity index (χ3n) is 6.89. The molecule has 2 aromatic heterocycles. The lowest BCUT2D eigenvalue weighted by Crippen LogP contribution is -2.45. The highest BCUT2D eigenvalue weighted by Crippen LogP contribution is 2.41. The number of hydrogen-bond donors (Lipinski definition) is 2. The first kappa shape index (κ1) is 25.7. The molecule has 0 aliphatic carbocycles. The van der Waals surface area contributed by atoms with Gasteiger partial charge < -0.3 is 19.8 Å². The number of nitrogens with zero attached hydrogens (tertiary/aromatic N) is 3. The van der Waals surface area contributed by atoms with E-state index in [0.717, 1.165) is 30.8 Å². The summed E-state index contributed by atoms with van der Waals surface area (Å²) in [5, 5.41) is 22.3. The molecule has 1 aliphatic heterocycles. The number of methoxy groups -OCH3 is 1. The molecule has 1 atom stereocenters. The van der Waals surface area contributed by atoms with Crippen molar-refractivity contribution in [3.8, 4) is 5.75 Å². The van der Waals surface area contributed by atoms with E-state index in [9.17, 15) is 15.0 Å². The number of carbonyl (C=O) groups is 1. The van der Waals surface area contributed by atoms with Gasteiger partial charge in [0, 0.05) is 46.7 Å². The fraction of sp³-hybridized carbons (Fsp3) is 0.423. The number of aromatic nitrogens is 2. The second kappa shape index (κ2) is 11.6. The van der Waals surface area contributed by atoms with Gasteiger partial charge in [0.2, 0.25) is 0 Å². The summed E-state index contributed by atoms with van der Waals surface area (Å²) < 4.78 is 5.32. The van der Waals surface area contributed by atoms with Gasteiger partial charge in [0.1, 0.15) is 5.75 Å². The van der Waals surface area contributed by atoms with E-state index in [1.165, 1.54) is 11.1 Å². The van der Waals surface area contributed by atoms with E-state index >= 15 is 0 Å². The first-order valence-corrected chi connectivity index (χ1v) is 13.1. The summed E-state index contributed by atoms with van der Waals surface area (Å²) >= 11 is 8.21. The van der Waals surface area contributed by atoms with E-state index in [1.54, 1.807) is 31.3 Å². The van der Waals surface area contributed by atoms with Gasteiger partial charge in [-0.3, -0.25) is 14.8 Å². The van der Waals surface area contributed by atoms with Gasteiger partial charge in [-0.05, 0) is 69.1 Å². The summed E-state index contributed by atoms with van der Waals surface area (Å²) in [5.41, 5.74) is 0.430. The van der Waals surface area contributed by atoms with E-state index in [1.807, 2.05) is 30.3 Å². The smallest absolute Gasteiger partial charge is 0.309 e. The van der Waals surface area contributed by atoms with Crippen LogP contribution in [0.25, 0.3) is 10.9 Å². The van der Waals surface area contributed by atoms with E-state index in [-0.39, 0.29) is 0 Å². The zero-order chi connectivity index (χ0) is 24.8. The number of hydrogen-bond acceptors (Lipinski definition) is 7. The average Bonchev–Trinajstić information content (AvgIpc) is 2.88. The van der Waals surface area contributed by atoms with Crippen molar-refractivity contribution in [3.63, 3.8) is 0 Å².